The average Bonchev–Trinajstić information content (AvgIpc) is 3.27. The van der Waals surface area contributed by atoms with Crippen molar-refractivity contribution in [2.75, 3.05) is 20.7 Å². The van der Waals surface area contributed by atoms with Crippen molar-refractivity contribution in [1.29, 1.82) is 0 Å². The van der Waals surface area contributed by atoms with Crippen molar-refractivity contribution >= 4 is 22.8 Å². The van der Waals surface area contributed by atoms with Crippen molar-refractivity contribution in [2.45, 2.75) is 63.5 Å². The number of carbonyl (C=O) groups excluding carboxylic acids is 2. The number of nitrogens with one attached hydrogen (secondary N) is 2. The number of methoxy groups -OCH3 is 1. The number of benzene rings is 6. The van der Waals surface area contributed by atoms with Gasteiger partial charge in [0, 0.05) is 37.5 Å². The van der Waals surface area contributed by atoms with Crippen LogP contribution in [0.5, 0.6) is 0 Å². The maximum atomic E-state index is 12.9. The molecular weight excluding hydrogens is 727 g/mol. The Morgan fingerprint density at radius 3 is 2.21 bits per heavy atom. The van der Waals surface area contributed by atoms with Crippen LogP contribution in [-0.4, -0.2) is 54.9 Å². The van der Waals surface area contributed by atoms with Gasteiger partial charge in [0.25, 0.3) is 0 Å². The summed E-state index contributed by atoms with van der Waals surface area (Å²) in [5.74, 6) is -0.505. The maximum absolute atomic E-state index is 12.9. The second-order valence-corrected chi connectivity index (χ2v) is 15.0. The van der Waals surface area contributed by atoms with E-state index in [1.165, 1.54) is 23.4 Å². The lowest BCUT2D eigenvalue weighted by Crippen LogP contribution is -2.47. The number of fused-ring (bicyclic) bond motifs is 1. The van der Waals surface area contributed by atoms with Gasteiger partial charge < -0.3 is 30.0 Å². The largest absolute Gasteiger partial charge is 0.467 e. The van der Waals surface area contributed by atoms with E-state index < -0.39 is 24.3 Å². The Morgan fingerprint density at radius 2 is 1.47 bits per heavy atom. The van der Waals surface area contributed by atoms with Gasteiger partial charge in [-0.1, -0.05) is 133 Å². The Kier molecular flexibility index (Phi) is 13.3. The predicted molar refractivity (Wildman–Crippen MR) is 227 cm³/mol. The number of esters is 1. The molecule has 0 radical (unpaired) electrons. The van der Waals surface area contributed by atoms with Crippen LogP contribution in [0.1, 0.15) is 65.2 Å². The molecule has 9 heteroatoms. The van der Waals surface area contributed by atoms with Gasteiger partial charge in [-0.25, -0.2) is 9.59 Å². The highest BCUT2D eigenvalue weighted by Gasteiger charge is 2.33. The van der Waals surface area contributed by atoms with Crippen molar-refractivity contribution < 1.29 is 28.9 Å². The third-order valence-electron chi connectivity index (χ3n) is 11.0. The highest BCUT2D eigenvalue weighted by Crippen LogP contribution is 2.39. The second-order valence-electron chi connectivity index (χ2n) is 15.0. The zero-order valence-electron chi connectivity index (χ0n) is 33.2. The van der Waals surface area contributed by atoms with E-state index in [1.807, 2.05) is 91.0 Å². The van der Waals surface area contributed by atoms with Crippen molar-refractivity contribution in [3.8, 4) is 11.1 Å². The summed E-state index contributed by atoms with van der Waals surface area (Å²) >= 11 is 0. The van der Waals surface area contributed by atoms with Gasteiger partial charge in [-0.15, -0.1) is 0 Å². The first-order valence-electron chi connectivity index (χ1n) is 19.8. The summed E-state index contributed by atoms with van der Waals surface area (Å²) in [5.41, 5.74) is 7.92. The molecule has 0 bridgehead atoms. The first-order chi connectivity index (χ1) is 28.3. The molecule has 1 fully saturated rings. The SMILES string of the molecule is COC(=O)[C@H](Cc1ccccc1)NC(=O)NCc1cccc(-c2ccc([C@@H]3O[C@H](CN(C)[C@H](C)c4ccc5ccccc5c4)C[C@H](c4ccc(CO)cc4)O3)cc2)c1. The maximum Gasteiger partial charge on any atom is 0.328 e. The highest BCUT2D eigenvalue weighted by molar-refractivity contribution is 5.84. The van der Waals surface area contributed by atoms with E-state index in [4.69, 9.17) is 14.2 Å². The van der Waals surface area contributed by atoms with Crippen LogP contribution in [0.25, 0.3) is 21.9 Å². The van der Waals surface area contributed by atoms with Crippen molar-refractivity contribution in [1.82, 2.24) is 15.5 Å². The van der Waals surface area contributed by atoms with Crippen LogP contribution < -0.4 is 10.6 Å². The summed E-state index contributed by atoms with van der Waals surface area (Å²) < 4.78 is 18.3. The Hall–Kier alpha value is -5.84. The van der Waals surface area contributed by atoms with Gasteiger partial charge >= 0.3 is 12.0 Å². The summed E-state index contributed by atoms with van der Waals surface area (Å²) in [5, 5.41) is 17.8. The molecule has 7 rings (SSSR count). The van der Waals surface area contributed by atoms with Crippen molar-refractivity contribution in [3.63, 3.8) is 0 Å². The minimum Gasteiger partial charge on any atom is -0.467 e. The number of likely N-dealkylation sites (N-methyl/N-ethyl adjacent to an activating group) is 1. The van der Waals surface area contributed by atoms with E-state index in [-0.39, 0.29) is 31.4 Å². The average molecular weight is 778 g/mol. The van der Waals surface area contributed by atoms with E-state index in [0.717, 1.165) is 38.9 Å². The molecule has 5 atom stereocenters. The lowest BCUT2D eigenvalue weighted by Gasteiger charge is -2.39. The lowest BCUT2D eigenvalue weighted by molar-refractivity contribution is -0.253. The molecule has 0 spiro atoms. The summed E-state index contributed by atoms with van der Waals surface area (Å²) in [4.78, 5) is 27.7. The van der Waals surface area contributed by atoms with Gasteiger partial charge in [-0.2, -0.15) is 0 Å². The van der Waals surface area contributed by atoms with Gasteiger partial charge in [0.2, 0.25) is 0 Å². The molecule has 1 aliphatic rings. The van der Waals surface area contributed by atoms with E-state index in [1.54, 1.807) is 0 Å². The molecule has 1 saturated heterocycles. The highest BCUT2D eigenvalue weighted by atomic mass is 16.7. The van der Waals surface area contributed by atoms with Crippen LogP contribution >= 0.6 is 0 Å². The molecule has 0 unspecified atom stereocenters. The number of amides is 2. The summed E-state index contributed by atoms with van der Waals surface area (Å²) in [7, 11) is 3.46. The first-order valence-corrected chi connectivity index (χ1v) is 19.8. The Labute approximate surface area is 340 Å². The number of aliphatic hydroxyl groups is 1. The fraction of sp³-hybridized carbons (Fsp3) is 0.265. The van der Waals surface area contributed by atoms with Crippen LogP contribution in [0.2, 0.25) is 0 Å². The minimum atomic E-state index is -0.813. The van der Waals surface area contributed by atoms with E-state index in [9.17, 15) is 14.7 Å². The zero-order chi connectivity index (χ0) is 40.4. The number of rotatable bonds is 14. The molecule has 1 heterocycles. The van der Waals surface area contributed by atoms with Gasteiger partial charge in [-0.3, -0.25) is 4.90 Å². The first kappa shape index (κ1) is 40.4. The molecule has 58 heavy (non-hydrogen) atoms. The molecule has 2 amide bonds. The topological polar surface area (TPSA) is 109 Å². The molecule has 298 valence electrons. The van der Waals surface area contributed by atoms with Gasteiger partial charge in [-0.05, 0) is 75.8 Å². The molecule has 3 N–H and O–H groups in total. The predicted octanol–water partition coefficient (Wildman–Crippen LogP) is 8.82. The summed E-state index contributed by atoms with van der Waals surface area (Å²) in [6, 6.07) is 47.7. The number of hydrogen-bond acceptors (Lipinski definition) is 7. The Morgan fingerprint density at radius 1 is 0.759 bits per heavy atom. The zero-order valence-corrected chi connectivity index (χ0v) is 33.2. The van der Waals surface area contributed by atoms with Crippen LogP contribution in [-0.2, 0) is 38.6 Å². The Balaban J connectivity index is 1.02. The summed E-state index contributed by atoms with van der Waals surface area (Å²) in [6.45, 7) is 3.21. The molecular formula is C49H51N3O6. The quantitative estimate of drug-likeness (QED) is 0.0949. The minimum absolute atomic E-state index is 0.00855. The molecule has 0 aromatic heterocycles. The van der Waals surface area contributed by atoms with Crippen molar-refractivity contribution in [3.05, 3.63) is 179 Å². The molecule has 0 aliphatic carbocycles. The van der Waals surface area contributed by atoms with E-state index >= 15 is 0 Å². The number of nitrogens with zero attached hydrogens (tertiary/aromatic N) is 1. The van der Waals surface area contributed by atoms with Crippen LogP contribution in [0.15, 0.2) is 146 Å². The van der Waals surface area contributed by atoms with Crippen LogP contribution in [0.3, 0.4) is 0 Å². The van der Waals surface area contributed by atoms with E-state index in [2.05, 4.69) is 84.1 Å². The smallest absolute Gasteiger partial charge is 0.328 e. The molecule has 6 aromatic carbocycles. The van der Waals surface area contributed by atoms with Crippen molar-refractivity contribution in [2.24, 2.45) is 0 Å². The summed E-state index contributed by atoms with van der Waals surface area (Å²) in [6.07, 6.45) is 0.144. The molecule has 9 nitrogen and oxygen atoms in total. The number of carbonyl (C=O) groups is 2. The molecule has 6 aromatic rings. The normalized spacial score (nSPS) is 17.7. The third-order valence-corrected chi connectivity index (χ3v) is 11.0. The Bertz CT molecular complexity index is 2280. The van der Waals surface area contributed by atoms with Gasteiger partial charge in [0.05, 0.1) is 25.9 Å². The van der Waals surface area contributed by atoms with Crippen LogP contribution in [0, 0.1) is 0 Å². The number of urea groups is 1. The monoisotopic (exact) mass is 777 g/mol. The number of aliphatic hydroxyl groups excluding tert-OH is 1. The lowest BCUT2D eigenvalue weighted by atomic mass is 9.98. The fourth-order valence-electron chi connectivity index (χ4n) is 7.50. The van der Waals surface area contributed by atoms with Gasteiger partial charge in [0.1, 0.15) is 6.04 Å². The third kappa shape index (κ3) is 10.2. The fourth-order valence-corrected chi connectivity index (χ4v) is 7.50. The van der Waals surface area contributed by atoms with Gasteiger partial charge in [0.15, 0.2) is 6.29 Å². The van der Waals surface area contributed by atoms with Crippen LogP contribution in [0.4, 0.5) is 4.79 Å². The second kappa shape index (κ2) is 19.1. The number of ether oxygens (including phenoxy) is 3. The molecule has 1 aliphatic heterocycles. The standard InChI is InChI=1S/C49H51N3O6/c1-33(41-25-22-37-13-7-8-14-43(37)28-41)52(2)31-44-29-46(39-18-16-35(32-53)17-19-39)58-48(57-44)40-23-20-38(21-24-40)42-15-9-12-36(26-42)30-50-49(55)51-45(47(54)56-3)27-34-10-5-4-6-11-34/h4-26,28,33,44-46,48,53H,27,29-32H2,1-3H3,(H2,50,51,55)/t33-,44+,45+,46-,48-/m1/s1. The molecule has 0 saturated carbocycles. The number of hydrogen-bond donors (Lipinski definition) is 3. The van der Waals surface area contributed by atoms with E-state index in [0.29, 0.717) is 19.4 Å².